The lowest BCUT2D eigenvalue weighted by molar-refractivity contribution is -0.161. The van der Waals surface area contributed by atoms with E-state index in [0.29, 0.717) is 25.7 Å². The zero-order valence-electron chi connectivity index (χ0n) is 66.9. The van der Waals surface area contributed by atoms with Gasteiger partial charge in [0, 0.05) is 25.7 Å². The van der Waals surface area contributed by atoms with E-state index in [4.69, 9.17) is 37.0 Å². The fourth-order valence-corrected chi connectivity index (χ4v) is 14.4. The van der Waals surface area contributed by atoms with E-state index in [-0.39, 0.29) is 25.7 Å². The number of hydrogen-bond donors (Lipinski definition) is 3. The van der Waals surface area contributed by atoms with Crippen molar-refractivity contribution in [2.75, 3.05) is 39.6 Å². The average Bonchev–Trinajstić information content (AvgIpc) is 0.908. The number of rotatable bonds is 82. The van der Waals surface area contributed by atoms with Gasteiger partial charge in [0.15, 0.2) is 12.2 Å². The van der Waals surface area contributed by atoms with Crippen molar-refractivity contribution >= 4 is 39.5 Å². The highest BCUT2D eigenvalue weighted by Gasteiger charge is 2.30. The van der Waals surface area contributed by atoms with Gasteiger partial charge in [-0.25, -0.2) is 9.13 Å². The highest BCUT2D eigenvalue weighted by atomic mass is 31.2. The summed E-state index contributed by atoms with van der Waals surface area (Å²) in [5.41, 5.74) is 0. The molecular formula is C83H162O17P2. The highest BCUT2D eigenvalue weighted by Crippen LogP contribution is 2.45. The Labute approximate surface area is 626 Å². The van der Waals surface area contributed by atoms with Crippen LogP contribution in [0.4, 0.5) is 0 Å². The normalized spacial score (nSPS) is 14.1. The van der Waals surface area contributed by atoms with Crippen LogP contribution >= 0.6 is 15.6 Å². The van der Waals surface area contributed by atoms with Crippen LogP contribution in [-0.2, 0) is 65.4 Å². The van der Waals surface area contributed by atoms with E-state index in [1.807, 2.05) is 0 Å². The van der Waals surface area contributed by atoms with Gasteiger partial charge in [-0.1, -0.05) is 388 Å². The van der Waals surface area contributed by atoms with Crippen LogP contribution in [0.3, 0.4) is 0 Å². The predicted octanol–water partition coefficient (Wildman–Crippen LogP) is 25.1. The number of hydrogen-bond acceptors (Lipinski definition) is 15. The molecule has 0 aliphatic carbocycles. The lowest BCUT2D eigenvalue weighted by atomic mass is 9.99. The maximum atomic E-state index is 13.1. The van der Waals surface area contributed by atoms with E-state index >= 15 is 0 Å². The maximum Gasteiger partial charge on any atom is 0.472 e. The summed E-state index contributed by atoms with van der Waals surface area (Å²) in [6.45, 7) is 9.73. The van der Waals surface area contributed by atoms with Crippen LogP contribution in [0.25, 0.3) is 0 Å². The summed E-state index contributed by atoms with van der Waals surface area (Å²) in [6.07, 6.45) is 65.1. The molecule has 0 saturated heterocycles. The number of esters is 4. The van der Waals surface area contributed by atoms with Crippen molar-refractivity contribution in [2.45, 2.75) is 458 Å². The minimum Gasteiger partial charge on any atom is -0.462 e. The maximum absolute atomic E-state index is 13.1. The van der Waals surface area contributed by atoms with Crippen molar-refractivity contribution in [1.29, 1.82) is 0 Å². The Bertz CT molecular complexity index is 1960. The molecule has 0 aromatic rings. The molecule has 0 aliphatic heterocycles. The van der Waals surface area contributed by atoms with Gasteiger partial charge < -0.3 is 33.8 Å². The monoisotopic (exact) mass is 1490 g/mol. The molecule has 0 amide bonds. The molecule has 0 heterocycles. The van der Waals surface area contributed by atoms with Crippen molar-refractivity contribution in [2.24, 2.45) is 11.8 Å². The van der Waals surface area contributed by atoms with Gasteiger partial charge in [-0.2, -0.15) is 0 Å². The summed E-state index contributed by atoms with van der Waals surface area (Å²) in [5, 5.41) is 10.7. The second-order valence-corrected chi connectivity index (χ2v) is 33.5. The Balaban J connectivity index is 5.23. The molecule has 3 N–H and O–H groups in total. The van der Waals surface area contributed by atoms with Gasteiger partial charge in [0.05, 0.1) is 26.4 Å². The van der Waals surface area contributed by atoms with Gasteiger partial charge in [0.25, 0.3) is 0 Å². The van der Waals surface area contributed by atoms with Crippen molar-refractivity contribution in [3.05, 3.63) is 0 Å². The van der Waals surface area contributed by atoms with Crippen LogP contribution in [0.1, 0.15) is 440 Å². The lowest BCUT2D eigenvalue weighted by Gasteiger charge is -2.21. The summed E-state index contributed by atoms with van der Waals surface area (Å²) in [7, 11) is -9.92. The number of carbonyl (C=O) groups is 4. The molecule has 17 nitrogen and oxygen atoms in total. The molecular weight excluding hydrogens is 1330 g/mol. The summed E-state index contributed by atoms with van der Waals surface area (Å²) in [5.74, 6) is -0.462. The van der Waals surface area contributed by atoms with Gasteiger partial charge in [-0.15, -0.1) is 0 Å². The Morgan fingerprint density at radius 1 is 0.284 bits per heavy atom. The van der Waals surface area contributed by atoms with Crippen LogP contribution in [0.2, 0.25) is 0 Å². The van der Waals surface area contributed by atoms with Gasteiger partial charge in [0.1, 0.15) is 19.3 Å². The fraction of sp³-hybridized carbons (Fsp3) is 0.952. The molecule has 3 unspecified atom stereocenters. The minimum absolute atomic E-state index is 0.108. The molecule has 0 aliphatic rings. The topological polar surface area (TPSA) is 237 Å². The number of aliphatic hydroxyl groups is 1. The first-order valence-corrected chi connectivity index (χ1v) is 46.0. The van der Waals surface area contributed by atoms with Gasteiger partial charge in [-0.3, -0.25) is 37.3 Å². The van der Waals surface area contributed by atoms with Crippen molar-refractivity contribution < 1.29 is 80.2 Å². The fourth-order valence-electron chi connectivity index (χ4n) is 12.9. The molecule has 606 valence electrons. The molecule has 0 rings (SSSR count). The first-order chi connectivity index (χ1) is 49.4. The van der Waals surface area contributed by atoms with E-state index in [1.165, 1.54) is 257 Å². The zero-order valence-corrected chi connectivity index (χ0v) is 68.7. The van der Waals surface area contributed by atoms with Crippen molar-refractivity contribution in [3.63, 3.8) is 0 Å². The second kappa shape index (κ2) is 74.5. The molecule has 0 bridgehead atoms. The van der Waals surface area contributed by atoms with E-state index in [0.717, 1.165) is 102 Å². The van der Waals surface area contributed by atoms with E-state index < -0.39 is 97.5 Å². The molecule has 0 fully saturated rings. The van der Waals surface area contributed by atoms with E-state index in [9.17, 15) is 43.2 Å². The summed E-state index contributed by atoms with van der Waals surface area (Å²) < 4.78 is 68.8. The van der Waals surface area contributed by atoms with Crippen LogP contribution in [-0.4, -0.2) is 96.7 Å². The molecule has 0 saturated carbocycles. The number of aliphatic hydroxyl groups excluding tert-OH is 1. The molecule has 0 aromatic heterocycles. The average molecular weight is 1490 g/mol. The molecule has 0 aromatic carbocycles. The summed E-state index contributed by atoms with van der Waals surface area (Å²) >= 11 is 0. The Morgan fingerprint density at radius 3 is 0.745 bits per heavy atom. The number of phosphoric acid groups is 2. The number of phosphoric ester groups is 2. The van der Waals surface area contributed by atoms with Gasteiger partial charge in [0.2, 0.25) is 0 Å². The molecule has 0 radical (unpaired) electrons. The van der Waals surface area contributed by atoms with Crippen molar-refractivity contribution in [1.82, 2.24) is 0 Å². The quantitative estimate of drug-likeness (QED) is 0.0222. The van der Waals surface area contributed by atoms with Crippen molar-refractivity contribution in [3.8, 4) is 0 Å². The van der Waals surface area contributed by atoms with Gasteiger partial charge >= 0.3 is 39.5 Å². The Morgan fingerprint density at radius 2 is 0.500 bits per heavy atom. The summed E-state index contributed by atoms with van der Waals surface area (Å²) in [4.78, 5) is 73.1. The first kappa shape index (κ1) is 100. The van der Waals surface area contributed by atoms with Crippen LogP contribution < -0.4 is 0 Å². The number of unbranched alkanes of at least 4 members (excludes halogenated alkanes) is 51. The lowest BCUT2D eigenvalue weighted by Crippen LogP contribution is -2.30. The van der Waals surface area contributed by atoms with Crippen LogP contribution in [0, 0.1) is 11.8 Å². The largest absolute Gasteiger partial charge is 0.472 e. The molecule has 0 spiro atoms. The summed E-state index contributed by atoms with van der Waals surface area (Å²) in [6, 6.07) is 0. The SMILES string of the molecule is CCCCCCCCCCCCCCCC(=O)OC[C@H](COP(=O)(O)OC[C@H](O)COP(=O)(O)OC[C@@H](COC(=O)CCCCCCCCCCCCCC(C)C)OC(=O)CCCCCCCCCCCCCCCCCCCCC(C)CC)OC(=O)CCCCCCCCCCCCCCC. The minimum atomic E-state index is -4.96. The molecule has 6 atom stereocenters. The van der Waals surface area contributed by atoms with E-state index in [1.54, 1.807) is 0 Å². The third-order valence-electron chi connectivity index (χ3n) is 19.8. The number of ether oxygens (including phenoxy) is 4. The molecule has 19 heteroatoms. The third-order valence-corrected chi connectivity index (χ3v) is 21.7. The van der Waals surface area contributed by atoms with Gasteiger partial charge in [-0.05, 0) is 37.5 Å². The smallest absolute Gasteiger partial charge is 0.462 e. The van der Waals surface area contributed by atoms with Crippen LogP contribution in [0.5, 0.6) is 0 Å². The second-order valence-electron chi connectivity index (χ2n) is 30.6. The predicted molar refractivity (Wildman–Crippen MR) is 418 cm³/mol. The molecule has 102 heavy (non-hydrogen) atoms. The first-order valence-electron chi connectivity index (χ1n) is 43.0. The Kier molecular flexibility index (Phi) is 73.1. The third kappa shape index (κ3) is 74.9. The zero-order chi connectivity index (χ0) is 74.9. The standard InChI is InChI=1S/C83H162O17P2/c1-7-10-12-14-16-18-20-28-35-41-47-53-59-65-80(85)93-71-78(99-82(87)67-61-55-49-43-36-29-21-19-17-15-13-11-8-2)73-97-101(89,90)95-69-77(84)70-96-102(91,92)98-74-79(72-94-81(86)66-60-54-48-42-38-32-33-39-45-51-57-63-75(4)5)100-83(88)68-62-56-50-44-37-31-27-25-23-22-24-26-30-34-40-46-52-58-64-76(6)9-3/h75-79,84H,7-74H2,1-6H3,(H,89,90)(H,91,92)/t76?,77-,78+,79+/m0/s1. The Hall–Kier alpha value is -1.94. The van der Waals surface area contributed by atoms with E-state index in [2.05, 4.69) is 41.5 Å². The highest BCUT2D eigenvalue weighted by molar-refractivity contribution is 7.47. The number of carbonyl (C=O) groups excluding carboxylic acids is 4. The van der Waals surface area contributed by atoms with Crippen LogP contribution in [0.15, 0.2) is 0 Å².